The smallest absolute Gasteiger partial charge is 0.307 e. The van der Waals surface area contributed by atoms with Crippen LogP contribution in [0.1, 0.15) is 5.56 Å². The number of nitrogens with zero attached hydrogens (tertiary/aromatic N) is 2. The molecule has 0 amide bonds. The predicted molar refractivity (Wildman–Crippen MR) is 70.7 cm³/mol. The van der Waals surface area contributed by atoms with Gasteiger partial charge in [-0.05, 0) is 23.8 Å². The number of aromatic nitrogens is 3. The first-order valence-corrected chi connectivity index (χ1v) is 5.84. The van der Waals surface area contributed by atoms with Gasteiger partial charge in [0, 0.05) is 17.1 Å². The number of hydrogen-bond acceptors (Lipinski definition) is 3. The lowest BCUT2D eigenvalue weighted by atomic mass is 10.0. The number of pyridine rings is 1. The van der Waals surface area contributed by atoms with Crippen molar-refractivity contribution in [2.45, 2.75) is 6.42 Å². The zero-order valence-corrected chi connectivity index (χ0v) is 10.00. The van der Waals surface area contributed by atoms with Crippen molar-refractivity contribution in [1.82, 2.24) is 15.2 Å². The van der Waals surface area contributed by atoms with E-state index in [4.69, 9.17) is 5.11 Å². The van der Waals surface area contributed by atoms with Crippen LogP contribution in [0.15, 0.2) is 42.6 Å². The molecule has 0 saturated heterocycles. The molecule has 0 unspecified atom stereocenters. The second-order valence-electron chi connectivity index (χ2n) is 4.24. The molecule has 3 aromatic rings. The van der Waals surface area contributed by atoms with E-state index >= 15 is 0 Å². The van der Waals surface area contributed by atoms with E-state index in [0.29, 0.717) is 5.65 Å². The average Bonchev–Trinajstić information content (AvgIpc) is 2.82. The highest BCUT2D eigenvalue weighted by molar-refractivity contribution is 5.90. The number of aromatic amines is 1. The third-order valence-corrected chi connectivity index (χ3v) is 2.90. The Morgan fingerprint density at radius 1 is 1.26 bits per heavy atom. The van der Waals surface area contributed by atoms with E-state index in [-0.39, 0.29) is 6.42 Å². The first-order chi connectivity index (χ1) is 9.24. The Hall–Kier alpha value is -2.69. The van der Waals surface area contributed by atoms with Crippen molar-refractivity contribution < 1.29 is 9.90 Å². The van der Waals surface area contributed by atoms with Gasteiger partial charge in [-0.3, -0.25) is 9.89 Å². The first-order valence-electron chi connectivity index (χ1n) is 5.84. The van der Waals surface area contributed by atoms with Gasteiger partial charge < -0.3 is 5.11 Å². The lowest BCUT2D eigenvalue weighted by Gasteiger charge is -2.02. The Morgan fingerprint density at radius 3 is 3.00 bits per heavy atom. The zero-order chi connectivity index (χ0) is 13.2. The number of fused-ring (bicyclic) bond motifs is 1. The lowest BCUT2D eigenvalue weighted by molar-refractivity contribution is -0.136. The van der Waals surface area contributed by atoms with Crippen LogP contribution in [0.2, 0.25) is 0 Å². The minimum atomic E-state index is -0.840. The van der Waals surface area contributed by atoms with Gasteiger partial charge >= 0.3 is 5.97 Å². The van der Waals surface area contributed by atoms with E-state index in [1.54, 1.807) is 12.3 Å². The van der Waals surface area contributed by atoms with Crippen molar-refractivity contribution in [2.24, 2.45) is 0 Å². The highest BCUT2D eigenvalue weighted by atomic mass is 16.4. The van der Waals surface area contributed by atoms with Crippen LogP contribution in [0.3, 0.4) is 0 Å². The summed E-state index contributed by atoms with van der Waals surface area (Å²) in [6, 6.07) is 11.2. The summed E-state index contributed by atoms with van der Waals surface area (Å²) in [6.45, 7) is 0. The predicted octanol–water partition coefficient (Wildman–Crippen LogP) is 2.25. The maximum atomic E-state index is 10.7. The number of carbonyl (C=O) groups is 1. The molecule has 5 heteroatoms. The Balaban J connectivity index is 2.09. The summed E-state index contributed by atoms with van der Waals surface area (Å²) in [5, 5.41) is 16.8. The van der Waals surface area contributed by atoms with Crippen LogP contribution < -0.4 is 0 Å². The lowest BCUT2D eigenvalue weighted by Crippen LogP contribution is -1.99. The Bertz CT molecular complexity index is 749. The molecule has 0 radical (unpaired) electrons. The number of H-pyrrole nitrogens is 1. The maximum absolute atomic E-state index is 10.7. The molecule has 3 rings (SSSR count). The van der Waals surface area contributed by atoms with Crippen LogP contribution >= 0.6 is 0 Å². The molecule has 0 atom stereocenters. The second kappa shape index (κ2) is 4.53. The first kappa shape index (κ1) is 11.4. The molecule has 0 aliphatic heterocycles. The molecular formula is C14H11N3O2. The normalized spacial score (nSPS) is 10.7. The molecule has 94 valence electrons. The van der Waals surface area contributed by atoms with Crippen LogP contribution in [-0.4, -0.2) is 26.3 Å². The van der Waals surface area contributed by atoms with E-state index in [9.17, 15) is 4.79 Å². The highest BCUT2D eigenvalue weighted by Gasteiger charge is 2.09. The van der Waals surface area contributed by atoms with E-state index < -0.39 is 5.97 Å². The molecule has 0 saturated carbocycles. The maximum Gasteiger partial charge on any atom is 0.307 e. The number of rotatable bonds is 3. The fourth-order valence-electron chi connectivity index (χ4n) is 2.08. The monoisotopic (exact) mass is 253 g/mol. The number of aliphatic carboxylic acids is 1. The summed E-state index contributed by atoms with van der Waals surface area (Å²) in [5.41, 5.74) is 3.18. The molecule has 1 aromatic carbocycles. The molecule has 0 aliphatic carbocycles. The molecule has 2 N–H and O–H groups in total. The molecule has 2 heterocycles. The molecule has 0 spiro atoms. The summed E-state index contributed by atoms with van der Waals surface area (Å²) in [5.74, 6) is -0.840. The van der Waals surface area contributed by atoms with Gasteiger partial charge in [0.2, 0.25) is 0 Å². The quantitative estimate of drug-likeness (QED) is 0.750. The van der Waals surface area contributed by atoms with Gasteiger partial charge in [-0.25, -0.2) is 4.98 Å². The SMILES string of the molecule is O=C(O)Cc1cccc(-c2[nH]nc3ncccc23)c1. The number of carboxylic acid groups (broad SMARTS) is 1. The fraction of sp³-hybridized carbons (Fsp3) is 0.0714. The number of benzene rings is 1. The van der Waals surface area contributed by atoms with Crippen LogP contribution in [0.25, 0.3) is 22.3 Å². The van der Waals surface area contributed by atoms with Gasteiger partial charge in [-0.2, -0.15) is 5.10 Å². The van der Waals surface area contributed by atoms with E-state index in [2.05, 4.69) is 15.2 Å². The number of nitrogens with one attached hydrogen (secondary N) is 1. The Labute approximate surface area is 108 Å². The van der Waals surface area contributed by atoms with E-state index in [1.807, 2.05) is 30.3 Å². The van der Waals surface area contributed by atoms with Crippen LogP contribution in [0.4, 0.5) is 0 Å². The Morgan fingerprint density at radius 2 is 2.16 bits per heavy atom. The largest absolute Gasteiger partial charge is 0.481 e. The molecule has 0 fully saturated rings. The van der Waals surface area contributed by atoms with Crippen molar-refractivity contribution in [3.05, 3.63) is 48.2 Å². The van der Waals surface area contributed by atoms with Crippen molar-refractivity contribution in [3.63, 3.8) is 0 Å². The van der Waals surface area contributed by atoms with Gasteiger partial charge in [-0.15, -0.1) is 0 Å². The van der Waals surface area contributed by atoms with Crippen molar-refractivity contribution in [2.75, 3.05) is 0 Å². The van der Waals surface area contributed by atoms with Crippen molar-refractivity contribution in [1.29, 1.82) is 0 Å². The van der Waals surface area contributed by atoms with Crippen LogP contribution in [0.5, 0.6) is 0 Å². The number of carboxylic acids is 1. The van der Waals surface area contributed by atoms with Crippen LogP contribution in [0, 0.1) is 0 Å². The fourth-order valence-corrected chi connectivity index (χ4v) is 2.08. The topological polar surface area (TPSA) is 78.9 Å². The van der Waals surface area contributed by atoms with Gasteiger partial charge in [0.25, 0.3) is 0 Å². The van der Waals surface area contributed by atoms with Crippen molar-refractivity contribution >= 4 is 17.0 Å². The average molecular weight is 253 g/mol. The molecular weight excluding hydrogens is 242 g/mol. The van der Waals surface area contributed by atoms with Gasteiger partial charge in [0.05, 0.1) is 12.1 Å². The zero-order valence-electron chi connectivity index (χ0n) is 10.00. The van der Waals surface area contributed by atoms with E-state index in [0.717, 1.165) is 22.2 Å². The highest BCUT2D eigenvalue weighted by Crippen LogP contribution is 2.25. The standard InChI is InChI=1S/C14H11N3O2/c18-12(19)8-9-3-1-4-10(7-9)13-11-5-2-6-15-14(11)17-16-13/h1-7H,8H2,(H,18,19)(H,15,16,17). The molecule has 5 nitrogen and oxygen atoms in total. The molecule has 0 bridgehead atoms. The van der Waals surface area contributed by atoms with Crippen LogP contribution in [-0.2, 0) is 11.2 Å². The van der Waals surface area contributed by atoms with E-state index in [1.165, 1.54) is 0 Å². The summed E-state index contributed by atoms with van der Waals surface area (Å²) < 4.78 is 0. The third kappa shape index (κ3) is 2.18. The second-order valence-corrected chi connectivity index (χ2v) is 4.24. The summed E-state index contributed by atoms with van der Waals surface area (Å²) in [6.07, 6.45) is 1.70. The molecule has 2 aromatic heterocycles. The number of hydrogen-bond donors (Lipinski definition) is 2. The molecule has 0 aliphatic rings. The minimum absolute atomic E-state index is 0.0121. The summed E-state index contributed by atoms with van der Waals surface area (Å²) >= 11 is 0. The summed E-state index contributed by atoms with van der Waals surface area (Å²) in [4.78, 5) is 14.9. The Kier molecular flexibility index (Phi) is 2.72. The van der Waals surface area contributed by atoms with Gasteiger partial charge in [0.15, 0.2) is 5.65 Å². The summed E-state index contributed by atoms with van der Waals surface area (Å²) in [7, 11) is 0. The van der Waals surface area contributed by atoms with Gasteiger partial charge in [0.1, 0.15) is 0 Å². The third-order valence-electron chi connectivity index (χ3n) is 2.90. The minimum Gasteiger partial charge on any atom is -0.481 e. The van der Waals surface area contributed by atoms with Gasteiger partial charge in [-0.1, -0.05) is 18.2 Å². The molecule has 19 heavy (non-hydrogen) atoms. The van der Waals surface area contributed by atoms with Crippen molar-refractivity contribution in [3.8, 4) is 11.3 Å².